The molecule has 3 unspecified atom stereocenters. The average Bonchev–Trinajstić information content (AvgIpc) is 3.04. The zero-order chi connectivity index (χ0) is 21.1. The molecule has 1 aliphatic heterocycles. The number of methoxy groups -OCH3 is 1. The lowest BCUT2D eigenvalue weighted by Gasteiger charge is -2.22. The highest BCUT2D eigenvalue weighted by molar-refractivity contribution is 9.10. The number of carbonyl (C=O) groups excluding carboxylic acids is 1. The van der Waals surface area contributed by atoms with Crippen LogP contribution < -0.4 is 10.6 Å². The van der Waals surface area contributed by atoms with E-state index in [0.29, 0.717) is 18.6 Å². The molecule has 7 heteroatoms. The van der Waals surface area contributed by atoms with Crippen molar-refractivity contribution in [2.45, 2.75) is 43.9 Å². The SMILES string of the molecule is COCC1CCCC(Nc2ccc3c(c2)C(NC(=O)c2ccc(Br)cc2)C(O)C3)=N1. The van der Waals surface area contributed by atoms with Gasteiger partial charge in [-0.3, -0.25) is 9.79 Å². The van der Waals surface area contributed by atoms with Crippen LogP contribution in [0.2, 0.25) is 0 Å². The van der Waals surface area contributed by atoms with Gasteiger partial charge >= 0.3 is 0 Å². The number of hydrogen-bond acceptors (Lipinski definition) is 5. The van der Waals surface area contributed by atoms with E-state index in [9.17, 15) is 9.90 Å². The minimum atomic E-state index is -0.646. The maximum absolute atomic E-state index is 12.7. The van der Waals surface area contributed by atoms with Crippen molar-refractivity contribution in [3.63, 3.8) is 0 Å². The molecule has 0 aromatic heterocycles. The van der Waals surface area contributed by atoms with Crippen molar-refractivity contribution in [1.29, 1.82) is 0 Å². The largest absolute Gasteiger partial charge is 0.390 e. The highest BCUT2D eigenvalue weighted by Gasteiger charge is 2.32. The minimum absolute atomic E-state index is 0.195. The van der Waals surface area contributed by atoms with E-state index in [1.54, 1.807) is 19.2 Å². The predicted octanol–water partition coefficient (Wildman–Crippen LogP) is 3.85. The zero-order valence-electron chi connectivity index (χ0n) is 16.9. The van der Waals surface area contributed by atoms with Crippen LogP contribution in [0, 0.1) is 0 Å². The van der Waals surface area contributed by atoms with Crippen LogP contribution in [0.5, 0.6) is 0 Å². The third kappa shape index (κ3) is 4.74. The molecule has 2 aromatic carbocycles. The van der Waals surface area contributed by atoms with Gasteiger partial charge in [0.25, 0.3) is 5.91 Å². The highest BCUT2D eigenvalue weighted by Crippen LogP contribution is 2.34. The van der Waals surface area contributed by atoms with Crippen molar-refractivity contribution in [3.05, 3.63) is 63.6 Å². The van der Waals surface area contributed by atoms with Gasteiger partial charge in [0.05, 0.1) is 24.8 Å². The molecule has 6 nitrogen and oxygen atoms in total. The average molecular weight is 472 g/mol. The number of aliphatic hydroxyl groups is 1. The first kappa shape index (κ1) is 21.0. The lowest BCUT2D eigenvalue weighted by molar-refractivity contribution is 0.0858. The first-order chi connectivity index (χ1) is 14.5. The molecule has 30 heavy (non-hydrogen) atoms. The maximum atomic E-state index is 12.7. The second kappa shape index (κ2) is 9.29. The molecule has 2 aromatic rings. The number of rotatable bonds is 5. The number of hydrogen-bond donors (Lipinski definition) is 3. The molecule has 2 aliphatic rings. The molecule has 158 valence electrons. The fourth-order valence-corrected chi connectivity index (χ4v) is 4.39. The van der Waals surface area contributed by atoms with Gasteiger partial charge in [0.2, 0.25) is 0 Å². The first-order valence-corrected chi connectivity index (χ1v) is 11.0. The summed E-state index contributed by atoms with van der Waals surface area (Å²) in [4.78, 5) is 17.4. The normalized spacial score (nSPS) is 22.9. The van der Waals surface area contributed by atoms with E-state index in [0.717, 1.165) is 46.4 Å². The number of ether oxygens (including phenoxy) is 1. The van der Waals surface area contributed by atoms with Gasteiger partial charge in [0.1, 0.15) is 5.84 Å². The smallest absolute Gasteiger partial charge is 0.251 e. The summed E-state index contributed by atoms with van der Waals surface area (Å²) in [5.41, 5.74) is 3.48. The van der Waals surface area contributed by atoms with Crippen LogP contribution in [0.1, 0.15) is 46.8 Å². The molecule has 0 radical (unpaired) electrons. The summed E-state index contributed by atoms with van der Waals surface area (Å²) in [7, 11) is 1.70. The number of nitrogens with one attached hydrogen (secondary N) is 2. The van der Waals surface area contributed by atoms with E-state index in [-0.39, 0.29) is 11.9 Å². The Bertz CT molecular complexity index is 945. The summed E-state index contributed by atoms with van der Waals surface area (Å²) < 4.78 is 6.16. The van der Waals surface area contributed by atoms with Gasteiger partial charge in [0, 0.05) is 35.7 Å². The van der Waals surface area contributed by atoms with Gasteiger partial charge < -0.3 is 20.5 Å². The van der Waals surface area contributed by atoms with Gasteiger partial charge in [-0.05, 0) is 60.4 Å². The fourth-order valence-electron chi connectivity index (χ4n) is 4.13. The second-order valence-corrected chi connectivity index (χ2v) is 8.76. The van der Waals surface area contributed by atoms with E-state index in [1.165, 1.54) is 0 Å². The van der Waals surface area contributed by atoms with Gasteiger partial charge in [-0.25, -0.2) is 0 Å². The number of fused-ring (bicyclic) bond motifs is 1. The van der Waals surface area contributed by atoms with Crippen LogP contribution in [0.3, 0.4) is 0 Å². The second-order valence-electron chi connectivity index (χ2n) is 7.85. The number of amidine groups is 1. The molecule has 4 rings (SSSR count). The van der Waals surface area contributed by atoms with E-state index in [1.807, 2.05) is 30.3 Å². The summed E-state index contributed by atoms with van der Waals surface area (Å²) in [6.07, 6.45) is 2.91. The van der Waals surface area contributed by atoms with Gasteiger partial charge in [0.15, 0.2) is 0 Å². The molecule has 1 amide bonds. The third-order valence-corrected chi connectivity index (χ3v) is 6.15. The quantitative estimate of drug-likeness (QED) is 0.618. The Labute approximate surface area is 184 Å². The number of nitrogens with zero attached hydrogens (tertiary/aromatic N) is 1. The van der Waals surface area contributed by atoms with E-state index in [4.69, 9.17) is 9.73 Å². The minimum Gasteiger partial charge on any atom is -0.390 e. The number of benzene rings is 2. The third-order valence-electron chi connectivity index (χ3n) is 5.62. The van der Waals surface area contributed by atoms with Crippen molar-refractivity contribution >= 4 is 33.4 Å². The van der Waals surface area contributed by atoms with Crippen LogP contribution in [-0.2, 0) is 11.2 Å². The lowest BCUT2D eigenvalue weighted by atomic mass is 10.0. The molecular formula is C23H26BrN3O3. The molecule has 0 saturated carbocycles. The van der Waals surface area contributed by atoms with Gasteiger partial charge in [-0.2, -0.15) is 0 Å². The monoisotopic (exact) mass is 471 g/mol. The topological polar surface area (TPSA) is 83.0 Å². The number of amides is 1. The molecule has 0 saturated heterocycles. The summed E-state index contributed by atoms with van der Waals surface area (Å²) >= 11 is 3.38. The van der Waals surface area contributed by atoms with E-state index < -0.39 is 12.1 Å². The number of aliphatic hydroxyl groups excluding tert-OH is 1. The van der Waals surface area contributed by atoms with Crippen molar-refractivity contribution in [1.82, 2.24) is 5.32 Å². The molecule has 0 fully saturated rings. The Morgan fingerprint density at radius 1 is 1.27 bits per heavy atom. The van der Waals surface area contributed by atoms with E-state index >= 15 is 0 Å². The van der Waals surface area contributed by atoms with Crippen molar-refractivity contribution in [2.75, 3.05) is 19.0 Å². The Morgan fingerprint density at radius 2 is 2.07 bits per heavy atom. The van der Waals surface area contributed by atoms with Crippen molar-refractivity contribution in [2.24, 2.45) is 4.99 Å². The summed E-state index contributed by atoms with van der Waals surface area (Å²) in [5.74, 6) is 0.758. The van der Waals surface area contributed by atoms with Crippen LogP contribution in [0.4, 0.5) is 5.69 Å². The van der Waals surface area contributed by atoms with Crippen LogP contribution in [0.25, 0.3) is 0 Å². The van der Waals surface area contributed by atoms with Gasteiger partial charge in [-0.1, -0.05) is 22.0 Å². The van der Waals surface area contributed by atoms with Crippen LogP contribution in [-0.4, -0.2) is 42.7 Å². The van der Waals surface area contributed by atoms with Crippen LogP contribution >= 0.6 is 15.9 Å². The van der Waals surface area contributed by atoms with Crippen LogP contribution in [0.15, 0.2) is 51.9 Å². The molecule has 3 N–H and O–H groups in total. The first-order valence-electron chi connectivity index (χ1n) is 10.2. The number of anilines is 1. The molecule has 0 spiro atoms. The standard InChI is InChI=1S/C23H26BrN3O3/c1-30-13-18-3-2-4-21(26-18)25-17-10-7-15-11-20(28)22(19(15)12-17)27-23(29)14-5-8-16(24)9-6-14/h5-10,12,18,20,22,28H,2-4,11,13H2,1H3,(H,25,26)(H,27,29). The fraction of sp³-hybridized carbons (Fsp3) is 0.391. The van der Waals surface area contributed by atoms with E-state index in [2.05, 4.69) is 26.6 Å². The maximum Gasteiger partial charge on any atom is 0.251 e. The number of aliphatic imine (C=N–C) groups is 1. The number of carbonyl (C=O) groups is 1. The molecular weight excluding hydrogens is 446 g/mol. The Hall–Kier alpha value is -2.22. The lowest BCUT2D eigenvalue weighted by Crippen LogP contribution is -2.33. The van der Waals surface area contributed by atoms with Crippen molar-refractivity contribution in [3.8, 4) is 0 Å². The molecule has 3 atom stereocenters. The highest BCUT2D eigenvalue weighted by atomic mass is 79.9. The number of halogens is 1. The predicted molar refractivity (Wildman–Crippen MR) is 121 cm³/mol. The Kier molecular flexibility index (Phi) is 6.51. The molecule has 1 heterocycles. The summed E-state index contributed by atoms with van der Waals surface area (Å²) in [6.45, 7) is 0.631. The zero-order valence-corrected chi connectivity index (χ0v) is 18.5. The summed E-state index contributed by atoms with van der Waals surface area (Å²) in [5, 5.41) is 17.0. The molecule has 1 aliphatic carbocycles. The summed E-state index contributed by atoms with van der Waals surface area (Å²) in [6, 6.07) is 13.0. The molecule has 0 bridgehead atoms. The Balaban J connectivity index is 1.50. The van der Waals surface area contributed by atoms with Gasteiger partial charge in [-0.15, -0.1) is 0 Å². The Morgan fingerprint density at radius 3 is 2.83 bits per heavy atom. The van der Waals surface area contributed by atoms with Crippen molar-refractivity contribution < 1.29 is 14.6 Å².